The second-order valence-corrected chi connectivity index (χ2v) is 9.06. The van der Waals surface area contributed by atoms with E-state index >= 15 is 0 Å². The Morgan fingerprint density at radius 1 is 1.26 bits per heavy atom. The van der Waals surface area contributed by atoms with Crippen molar-refractivity contribution in [2.75, 3.05) is 11.4 Å². The van der Waals surface area contributed by atoms with Crippen molar-refractivity contribution in [1.82, 2.24) is 4.72 Å². The van der Waals surface area contributed by atoms with E-state index in [0.29, 0.717) is 28.4 Å². The average molecular weight is 463 g/mol. The zero-order valence-electron chi connectivity index (χ0n) is 17.1. The van der Waals surface area contributed by atoms with Gasteiger partial charge >= 0.3 is 0 Å². The fraction of sp³-hybridized carbons (Fsp3) is 0.286. The number of halogens is 1. The first-order valence-corrected chi connectivity index (χ1v) is 11.6. The van der Waals surface area contributed by atoms with E-state index in [1.54, 1.807) is 22.9 Å². The van der Waals surface area contributed by atoms with Crippen LogP contribution >= 0.6 is 11.6 Å². The molecule has 2 aromatic rings. The van der Waals surface area contributed by atoms with Crippen LogP contribution in [0.3, 0.4) is 0 Å². The quantitative estimate of drug-likeness (QED) is 0.683. The summed E-state index contributed by atoms with van der Waals surface area (Å²) in [5, 5.41) is 5.35. The molecule has 0 saturated carbocycles. The third-order valence-electron chi connectivity index (χ3n) is 5.08. The Labute approximate surface area is 186 Å². The molecule has 1 aliphatic heterocycles. The second-order valence-electron chi connectivity index (χ2n) is 7.33. The molecule has 0 fully saturated rings. The number of nitrogens with two attached hydrogens (primary N) is 1. The predicted octanol–water partition coefficient (Wildman–Crippen LogP) is 2.26. The van der Waals surface area contributed by atoms with Gasteiger partial charge in [0.25, 0.3) is 22.0 Å². The minimum atomic E-state index is -4.26. The summed E-state index contributed by atoms with van der Waals surface area (Å²) in [6, 6.07) is 13.5. The number of aliphatic imine (C=N–C) groups is 1. The number of nitrogens with zero attached hydrogens (tertiary/aromatic N) is 2. The van der Waals surface area contributed by atoms with Crippen molar-refractivity contribution in [2.24, 2.45) is 16.0 Å². The van der Waals surface area contributed by atoms with E-state index < -0.39 is 34.6 Å². The van der Waals surface area contributed by atoms with E-state index in [0.717, 1.165) is 5.56 Å². The molecule has 1 unspecified atom stereocenters. The highest BCUT2D eigenvalue weighted by Gasteiger charge is 2.35. The molecular formula is C21H23ClN4O4S. The molecule has 10 heteroatoms. The van der Waals surface area contributed by atoms with Crippen LogP contribution in [0.1, 0.15) is 31.4 Å². The molecule has 2 amide bonds. The maximum absolute atomic E-state index is 13.5. The molecule has 1 aliphatic rings. The fourth-order valence-electron chi connectivity index (χ4n) is 3.39. The van der Waals surface area contributed by atoms with Crippen LogP contribution in [0, 0.1) is 5.92 Å². The van der Waals surface area contributed by atoms with E-state index in [1.807, 2.05) is 44.2 Å². The Hall–Kier alpha value is -2.75. The lowest BCUT2D eigenvalue weighted by Crippen LogP contribution is -2.48. The van der Waals surface area contributed by atoms with Gasteiger partial charge in [-0.25, -0.2) is 9.86 Å². The Morgan fingerprint density at radius 3 is 2.55 bits per heavy atom. The van der Waals surface area contributed by atoms with Crippen molar-refractivity contribution < 1.29 is 18.0 Å². The summed E-state index contributed by atoms with van der Waals surface area (Å²) in [5.41, 5.74) is 2.35. The molecule has 0 aromatic heterocycles. The predicted molar refractivity (Wildman–Crippen MR) is 120 cm³/mol. The lowest BCUT2D eigenvalue weighted by molar-refractivity contribution is -0.124. The number of carbonyl (C=O) groups excluding carboxylic acids is 2. The van der Waals surface area contributed by atoms with Gasteiger partial charge in [-0.15, -0.1) is 0 Å². The van der Waals surface area contributed by atoms with Crippen molar-refractivity contribution in [2.45, 2.75) is 26.3 Å². The van der Waals surface area contributed by atoms with Gasteiger partial charge in [0.05, 0.1) is 11.4 Å². The van der Waals surface area contributed by atoms with E-state index in [1.165, 1.54) is 4.90 Å². The molecule has 31 heavy (non-hydrogen) atoms. The maximum Gasteiger partial charge on any atom is 0.298 e. The van der Waals surface area contributed by atoms with Crippen LogP contribution in [-0.2, 0) is 19.8 Å². The number of benzene rings is 2. The second kappa shape index (κ2) is 9.17. The molecule has 2 aromatic carbocycles. The number of rotatable bonds is 6. The zero-order chi connectivity index (χ0) is 22.8. The summed E-state index contributed by atoms with van der Waals surface area (Å²) in [7, 11) is -4.26. The SMILES string of the molecule is CCC(C)[C@@H]1N=C(c2ccccc2)c2cc(Cl)ccc2N(CC(=O)NS(N)(=O)=O)C1=O. The number of carbonyl (C=O) groups is 2. The van der Waals surface area contributed by atoms with Gasteiger partial charge < -0.3 is 4.90 Å². The largest absolute Gasteiger partial charge is 0.300 e. The van der Waals surface area contributed by atoms with Gasteiger partial charge in [0.1, 0.15) is 12.6 Å². The topological polar surface area (TPSA) is 122 Å². The number of benzodiazepines with no additional fused rings is 1. The Bertz CT molecular complexity index is 1140. The summed E-state index contributed by atoms with van der Waals surface area (Å²) >= 11 is 6.25. The highest BCUT2D eigenvalue weighted by atomic mass is 35.5. The Balaban J connectivity index is 2.19. The first-order chi connectivity index (χ1) is 14.6. The van der Waals surface area contributed by atoms with Crippen LogP contribution in [-0.4, -0.2) is 38.5 Å². The van der Waals surface area contributed by atoms with Crippen LogP contribution < -0.4 is 14.8 Å². The fourth-order valence-corrected chi connectivity index (χ4v) is 3.95. The number of amides is 2. The molecule has 0 radical (unpaired) electrons. The number of hydrogen-bond acceptors (Lipinski definition) is 5. The van der Waals surface area contributed by atoms with E-state index in [2.05, 4.69) is 0 Å². The normalized spacial score (nSPS) is 17.4. The van der Waals surface area contributed by atoms with Gasteiger partial charge in [0.2, 0.25) is 0 Å². The van der Waals surface area contributed by atoms with Crippen molar-refractivity contribution in [1.29, 1.82) is 0 Å². The Kier molecular flexibility index (Phi) is 6.78. The maximum atomic E-state index is 13.5. The highest BCUT2D eigenvalue weighted by Crippen LogP contribution is 2.32. The number of anilines is 1. The molecule has 2 atom stereocenters. The summed E-state index contributed by atoms with van der Waals surface area (Å²) in [4.78, 5) is 31.9. The lowest BCUT2D eigenvalue weighted by Gasteiger charge is -2.26. The van der Waals surface area contributed by atoms with Gasteiger partial charge in [-0.1, -0.05) is 62.2 Å². The van der Waals surface area contributed by atoms with Crippen molar-refractivity contribution in [3.63, 3.8) is 0 Å². The van der Waals surface area contributed by atoms with Crippen LogP contribution in [0.2, 0.25) is 5.02 Å². The number of nitrogens with one attached hydrogen (secondary N) is 1. The van der Waals surface area contributed by atoms with Crippen LogP contribution in [0.15, 0.2) is 53.5 Å². The Morgan fingerprint density at radius 2 is 1.94 bits per heavy atom. The van der Waals surface area contributed by atoms with Crippen molar-refractivity contribution in [3.8, 4) is 0 Å². The summed E-state index contributed by atoms with van der Waals surface area (Å²) in [6.07, 6.45) is 0.677. The number of fused-ring (bicyclic) bond motifs is 1. The highest BCUT2D eigenvalue weighted by molar-refractivity contribution is 7.87. The molecule has 3 rings (SSSR count). The standard InChI is InChI=1S/C21H23ClN4O4S/c1-3-13(2)19-21(28)26(12-18(27)25-31(23,29)30)17-10-9-15(22)11-16(17)20(24-19)14-7-5-4-6-8-14/h4-11,13,19H,3,12H2,1-2H3,(H,25,27)(H2,23,29,30)/t13?,19-/m0/s1. The van der Waals surface area contributed by atoms with Crippen LogP contribution in [0.4, 0.5) is 5.69 Å². The van der Waals surface area contributed by atoms with Crippen LogP contribution in [0.5, 0.6) is 0 Å². The van der Waals surface area contributed by atoms with Gasteiger partial charge in [-0.05, 0) is 24.1 Å². The van der Waals surface area contributed by atoms with Crippen molar-refractivity contribution >= 4 is 45.0 Å². The first-order valence-electron chi connectivity index (χ1n) is 9.68. The molecule has 0 spiro atoms. The molecule has 8 nitrogen and oxygen atoms in total. The van der Waals surface area contributed by atoms with E-state index in [9.17, 15) is 18.0 Å². The first kappa shape index (κ1) is 22.9. The molecule has 0 aliphatic carbocycles. The third-order valence-corrected chi connectivity index (χ3v) is 5.83. The minimum absolute atomic E-state index is 0.125. The molecule has 3 N–H and O–H groups in total. The molecule has 0 saturated heterocycles. The van der Waals surface area contributed by atoms with Crippen LogP contribution in [0.25, 0.3) is 0 Å². The van der Waals surface area contributed by atoms with E-state index in [4.69, 9.17) is 21.7 Å². The third kappa shape index (κ3) is 5.30. The molecular weight excluding hydrogens is 440 g/mol. The minimum Gasteiger partial charge on any atom is -0.300 e. The number of hydrogen-bond donors (Lipinski definition) is 2. The molecule has 164 valence electrons. The monoisotopic (exact) mass is 462 g/mol. The van der Waals surface area contributed by atoms with Gasteiger partial charge in [0, 0.05) is 16.1 Å². The molecule has 1 heterocycles. The van der Waals surface area contributed by atoms with Gasteiger partial charge in [-0.2, -0.15) is 8.42 Å². The summed E-state index contributed by atoms with van der Waals surface area (Å²) < 4.78 is 24.3. The zero-order valence-corrected chi connectivity index (χ0v) is 18.7. The summed E-state index contributed by atoms with van der Waals surface area (Å²) in [6.45, 7) is 3.32. The summed E-state index contributed by atoms with van der Waals surface area (Å²) in [5.74, 6) is -1.46. The lowest BCUT2D eigenvalue weighted by atomic mass is 9.98. The van der Waals surface area contributed by atoms with Gasteiger partial charge in [0.15, 0.2) is 0 Å². The smallest absolute Gasteiger partial charge is 0.298 e. The molecule has 0 bridgehead atoms. The van der Waals surface area contributed by atoms with Crippen molar-refractivity contribution in [3.05, 3.63) is 64.7 Å². The van der Waals surface area contributed by atoms with E-state index in [-0.39, 0.29) is 5.92 Å². The van der Waals surface area contributed by atoms with Gasteiger partial charge in [-0.3, -0.25) is 14.6 Å². The average Bonchev–Trinajstić information content (AvgIpc) is 2.82.